The molecule has 1 aromatic heterocycles. The Morgan fingerprint density at radius 1 is 1.10 bits per heavy atom. The van der Waals surface area contributed by atoms with E-state index >= 15 is 0 Å². The average Bonchev–Trinajstić information content (AvgIpc) is 2.47. The van der Waals surface area contributed by atoms with E-state index in [0.717, 1.165) is 0 Å². The van der Waals surface area contributed by atoms with Crippen molar-refractivity contribution in [3.8, 4) is 0 Å². The molecule has 102 valence electrons. The van der Waals surface area contributed by atoms with Gasteiger partial charge in [0.1, 0.15) is 4.60 Å². The van der Waals surface area contributed by atoms with Gasteiger partial charge in [-0.2, -0.15) is 0 Å². The van der Waals surface area contributed by atoms with Crippen LogP contribution in [0.25, 0.3) is 0 Å². The van der Waals surface area contributed by atoms with Gasteiger partial charge in [0.15, 0.2) is 0 Å². The largest absolute Gasteiger partial charge is 0.355 e. The summed E-state index contributed by atoms with van der Waals surface area (Å²) in [5.74, 6) is -0.573. The number of carbonyl (C=O) groups is 2. The van der Waals surface area contributed by atoms with Crippen molar-refractivity contribution in [2.45, 2.75) is 0 Å². The molecule has 0 aliphatic rings. The second-order valence-corrected chi connectivity index (χ2v) is 4.76. The minimum atomic E-state index is -0.318. The van der Waals surface area contributed by atoms with E-state index in [1.807, 2.05) is 0 Å². The summed E-state index contributed by atoms with van der Waals surface area (Å²) in [5, 5.41) is 5.24. The van der Waals surface area contributed by atoms with Crippen LogP contribution in [0.4, 0.5) is 5.69 Å². The van der Waals surface area contributed by atoms with Crippen LogP contribution in [0.2, 0.25) is 0 Å². The highest BCUT2D eigenvalue weighted by Gasteiger charge is 2.12. The van der Waals surface area contributed by atoms with Crippen molar-refractivity contribution >= 4 is 33.4 Å². The van der Waals surface area contributed by atoms with Gasteiger partial charge in [0.05, 0.1) is 16.8 Å². The topological polar surface area (TPSA) is 71.1 Å². The van der Waals surface area contributed by atoms with Gasteiger partial charge in [0.2, 0.25) is 0 Å². The first-order valence-corrected chi connectivity index (χ1v) is 6.65. The van der Waals surface area contributed by atoms with Crippen LogP contribution in [0.5, 0.6) is 0 Å². The van der Waals surface area contributed by atoms with E-state index in [9.17, 15) is 9.59 Å². The third-order valence-corrected chi connectivity index (χ3v) is 3.11. The molecule has 2 rings (SSSR count). The van der Waals surface area contributed by atoms with Crippen molar-refractivity contribution in [2.24, 2.45) is 0 Å². The zero-order chi connectivity index (χ0) is 14.5. The van der Waals surface area contributed by atoms with Gasteiger partial charge < -0.3 is 10.6 Å². The predicted octanol–water partition coefficient (Wildman–Crippen LogP) is 2.46. The molecule has 1 aromatic carbocycles. The zero-order valence-corrected chi connectivity index (χ0v) is 12.3. The number of amides is 2. The molecule has 0 radical (unpaired) electrons. The monoisotopic (exact) mass is 333 g/mol. The van der Waals surface area contributed by atoms with Crippen molar-refractivity contribution in [1.29, 1.82) is 0 Å². The van der Waals surface area contributed by atoms with Crippen LogP contribution in [0.3, 0.4) is 0 Å². The molecule has 0 unspecified atom stereocenters. The molecule has 0 saturated heterocycles. The van der Waals surface area contributed by atoms with Gasteiger partial charge in [0, 0.05) is 13.2 Å². The quantitative estimate of drug-likeness (QED) is 0.847. The lowest BCUT2D eigenvalue weighted by Crippen LogP contribution is -2.21. The van der Waals surface area contributed by atoms with Crippen LogP contribution in [0.15, 0.2) is 47.2 Å². The Balaban J connectivity index is 2.24. The van der Waals surface area contributed by atoms with Gasteiger partial charge >= 0.3 is 0 Å². The van der Waals surface area contributed by atoms with Crippen molar-refractivity contribution < 1.29 is 9.59 Å². The number of nitrogens with one attached hydrogen (secondary N) is 2. The third kappa shape index (κ3) is 3.21. The lowest BCUT2D eigenvalue weighted by Gasteiger charge is -2.09. The van der Waals surface area contributed by atoms with Crippen molar-refractivity contribution in [2.75, 3.05) is 12.4 Å². The predicted molar refractivity (Wildman–Crippen MR) is 79.7 cm³/mol. The van der Waals surface area contributed by atoms with E-state index in [1.165, 1.54) is 6.20 Å². The first-order valence-electron chi connectivity index (χ1n) is 5.86. The van der Waals surface area contributed by atoms with Crippen LogP contribution in [0, 0.1) is 0 Å². The number of hydrogen-bond acceptors (Lipinski definition) is 3. The fraction of sp³-hybridized carbons (Fsp3) is 0.0714. The third-order valence-electron chi connectivity index (χ3n) is 2.64. The number of halogens is 1. The molecule has 0 spiro atoms. The highest BCUT2D eigenvalue weighted by atomic mass is 79.9. The molecule has 6 heteroatoms. The number of hydrogen-bond donors (Lipinski definition) is 2. The number of aromatic nitrogens is 1. The van der Waals surface area contributed by atoms with Gasteiger partial charge in [-0.3, -0.25) is 9.59 Å². The Hall–Kier alpha value is -2.21. The van der Waals surface area contributed by atoms with E-state index in [-0.39, 0.29) is 11.8 Å². The first kappa shape index (κ1) is 14.2. The lowest BCUT2D eigenvalue weighted by atomic mass is 10.1. The molecule has 0 aliphatic carbocycles. The van der Waals surface area contributed by atoms with Crippen LogP contribution in [-0.4, -0.2) is 23.8 Å². The normalized spacial score (nSPS) is 9.90. The summed E-state index contributed by atoms with van der Waals surface area (Å²) in [4.78, 5) is 27.8. The van der Waals surface area contributed by atoms with Gasteiger partial charge in [-0.1, -0.05) is 12.1 Å². The van der Waals surface area contributed by atoms with Gasteiger partial charge in [-0.25, -0.2) is 4.98 Å². The number of carbonyl (C=O) groups excluding carboxylic acids is 2. The summed E-state index contributed by atoms with van der Waals surface area (Å²) in [5.41, 5.74) is 1.29. The standard InChI is InChI=1S/C14H12BrN3O2/c1-16-14(20)10-4-2-3-5-11(10)18-13(19)9-6-7-12(15)17-8-9/h2-8H,1H3,(H,16,20)(H,18,19). The SMILES string of the molecule is CNC(=O)c1ccccc1NC(=O)c1ccc(Br)nc1. The van der Waals surface area contributed by atoms with E-state index in [4.69, 9.17) is 0 Å². The molecule has 0 bridgehead atoms. The molecule has 0 saturated carbocycles. The van der Waals surface area contributed by atoms with Crippen LogP contribution in [-0.2, 0) is 0 Å². The maximum absolute atomic E-state index is 12.1. The molecule has 5 nitrogen and oxygen atoms in total. The van der Waals surface area contributed by atoms with Gasteiger partial charge in [-0.05, 0) is 40.2 Å². The number of rotatable bonds is 3. The first-order chi connectivity index (χ1) is 9.61. The molecular formula is C14H12BrN3O2. The number of nitrogens with zero attached hydrogens (tertiary/aromatic N) is 1. The fourth-order valence-corrected chi connectivity index (χ4v) is 1.86. The number of anilines is 1. The van der Waals surface area contributed by atoms with Crippen molar-refractivity contribution in [1.82, 2.24) is 10.3 Å². The summed E-state index contributed by atoms with van der Waals surface area (Å²) >= 11 is 3.21. The van der Waals surface area contributed by atoms with Gasteiger partial charge in [0.25, 0.3) is 11.8 Å². The lowest BCUT2D eigenvalue weighted by molar-refractivity contribution is 0.0964. The smallest absolute Gasteiger partial charge is 0.257 e. The number of benzene rings is 1. The van der Waals surface area contributed by atoms with Gasteiger partial charge in [-0.15, -0.1) is 0 Å². The Morgan fingerprint density at radius 2 is 1.85 bits per heavy atom. The maximum atomic E-state index is 12.1. The molecule has 2 amide bonds. The van der Waals surface area contributed by atoms with Crippen LogP contribution in [0.1, 0.15) is 20.7 Å². The minimum absolute atomic E-state index is 0.255. The van der Waals surface area contributed by atoms with Crippen molar-refractivity contribution in [3.05, 3.63) is 58.3 Å². The summed E-state index contributed by atoms with van der Waals surface area (Å²) in [6, 6.07) is 10.1. The zero-order valence-electron chi connectivity index (χ0n) is 10.7. The maximum Gasteiger partial charge on any atom is 0.257 e. The Kier molecular flexibility index (Phi) is 4.47. The Morgan fingerprint density at radius 3 is 2.50 bits per heavy atom. The van der Waals surface area contributed by atoms with E-state index in [2.05, 4.69) is 31.5 Å². The average molecular weight is 334 g/mol. The molecule has 0 aliphatic heterocycles. The highest BCUT2D eigenvalue weighted by Crippen LogP contribution is 2.16. The molecule has 1 heterocycles. The Labute approximate surface area is 124 Å². The van der Waals surface area contributed by atoms with E-state index < -0.39 is 0 Å². The van der Waals surface area contributed by atoms with Crippen molar-refractivity contribution in [3.63, 3.8) is 0 Å². The summed E-state index contributed by atoms with van der Waals surface area (Å²) in [6.45, 7) is 0. The summed E-state index contributed by atoms with van der Waals surface area (Å²) < 4.78 is 0.653. The molecule has 0 fully saturated rings. The second kappa shape index (κ2) is 6.29. The van der Waals surface area contributed by atoms with E-state index in [0.29, 0.717) is 21.4 Å². The summed E-state index contributed by atoms with van der Waals surface area (Å²) in [7, 11) is 1.54. The van der Waals surface area contributed by atoms with Crippen LogP contribution >= 0.6 is 15.9 Å². The summed E-state index contributed by atoms with van der Waals surface area (Å²) in [6.07, 6.45) is 1.46. The molecule has 2 aromatic rings. The molecule has 20 heavy (non-hydrogen) atoms. The Bertz CT molecular complexity index is 641. The van der Waals surface area contributed by atoms with Crippen LogP contribution < -0.4 is 10.6 Å². The fourth-order valence-electron chi connectivity index (χ4n) is 1.63. The minimum Gasteiger partial charge on any atom is -0.355 e. The number of para-hydroxylation sites is 1. The highest BCUT2D eigenvalue weighted by molar-refractivity contribution is 9.10. The van der Waals surface area contributed by atoms with E-state index in [1.54, 1.807) is 43.4 Å². The molecular weight excluding hydrogens is 322 g/mol. The second-order valence-electron chi connectivity index (χ2n) is 3.95. The molecule has 0 atom stereocenters. The number of pyridine rings is 1. The molecule has 2 N–H and O–H groups in total.